The number of hydrogen-bond donors (Lipinski definition) is 1. The Kier molecular flexibility index (Phi) is 5.93. The molecule has 172 valence electrons. The predicted octanol–water partition coefficient (Wildman–Crippen LogP) is 4.81. The van der Waals surface area contributed by atoms with Crippen LogP contribution in [0.4, 0.5) is 0 Å². The summed E-state index contributed by atoms with van der Waals surface area (Å²) in [6.45, 7) is 3.27. The molecule has 1 unspecified atom stereocenters. The maximum Gasteiger partial charge on any atom is 0.271 e. The Hall–Kier alpha value is -3.86. The van der Waals surface area contributed by atoms with Gasteiger partial charge in [-0.2, -0.15) is 0 Å². The predicted molar refractivity (Wildman–Crippen MR) is 134 cm³/mol. The van der Waals surface area contributed by atoms with Crippen LogP contribution in [0.15, 0.2) is 91.0 Å². The van der Waals surface area contributed by atoms with E-state index in [1.165, 1.54) is 5.56 Å². The quantitative estimate of drug-likeness (QED) is 0.439. The summed E-state index contributed by atoms with van der Waals surface area (Å²) in [5.74, 6) is -0.222. The van der Waals surface area contributed by atoms with Gasteiger partial charge in [0.25, 0.3) is 5.91 Å². The standard InChI is InChI=1S/C29H29N3O2/c1-29(28(34)30-20-23-13-6-3-7-14-23)21-31-25-17-9-8-16-24(25)19-26(31)27(33)32(29)18-10-15-22-11-4-2-5-12-22/h2-9,11-14,16-17,19H,10,15,18,20-21H2,1H3,(H,30,34). The molecule has 0 fully saturated rings. The van der Waals surface area contributed by atoms with E-state index in [9.17, 15) is 9.59 Å². The summed E-state index contributed by atoms with van der Waals surface area (Å²) in [5.41, 5.74) is 2.91. The highest BCUT2D eigenvalue weighted by molar-refractivity contribution is 6.03. The lowest BCUT2D eigenvalue weighted by atomic mass is 9.93. The van der Waals surface area contributed by atoms with Crippen molar-refractivity contribution < 1.29 is 9.59 Å². The lowest BCUT2D eigenvalue weighted by Gasteiger charge is -2.44. The van der Waals surface area contributed by atoms with Crippen LogP contribution in [0.3, 0.4) is 0 Å². The number of nitrogens with zero attached hydrogens (tertiary/aromatic N) is 2. The molecule has 0 aliphatic carbocycles. The van der Waals surface area contributed by atoms with Crippen molar-refractivity contribution in [3.63, 3.8) is 0 Å². The molecule has 1 aliphatic rings. The molecule has 34 heavy (non-hydrogen) atoms. The molecule has 1 N–H and O–H groups in total. The van der Waals surface area contributed by atoms with Crippen molar-refractivity contribution in [3.8, 4) is 0 Å². The van der Waals surface area contributed by atoms with Gasteiger partial charge in [-0.15, -0.1) is 0 Å². The fraction of sp³-hybridized carbons (Fsp3) is 0.241. The number of nitrogens with one attached hydrogen (secondary N) is 1. The van der Waals surface area contributed by atoms with E-state index < -0.39 is 5.54 Å². The molecule has 5 nitrogen and oxygen atoms in total. The molecule has 3 aromatic carbocycles. The van der Waals surface area contributed by atoms with Crippen LogP contribution in [0.25, 0.3) is 10.9 Å². The third-order valence-electron chi connectivity index (χ3n) is 6.81. The van der Waals surface area contributed by atoms with E-state index in [-0.39, 0.29) is 11.8 Å². The molecule has 0 radical (unpaired) electrons. The summed E-state index contributed by atoms with van der Waals surface area (Å²) in [6.07, 6.45) is 1.65. The first kappa shape index (κ1) is 22.0. The molecule has 4 aromatic rings. The maximum atomic E-state index is 13.7. The average molecular weight is 452 g/mol. The number of aryl methyl sites for hydroxylation is 1. The lowest BCUT2D eigenvalue weighted by molar-refractivity contribution is -0.133. The van der Waals surface area contributed by atoms with Gasteiger partial charge in [-0.25, -0.2) is 0 Å². The summed E-state index contributed by atoms with van der Waals surface area (Å²) >= 11 is 0. The van der Waals surface area contributed by atoms with E-state index in [1.807, 2.05) is 90.4 Å². The Morgan fingerprint density at radius 1 is 0.912 bits per heavy atom. The molecule has 1 aromatic heterocycles. The van der Waals surface area contributed by atoms with Crippen molar-refractivity contribution in [3.05, 3.63) is 108 Å². The molecule has 2 heterocycles. The molecule has 0 bridgehead atoms. The van der Waals surface area contributed by atoms with Crippen LogP contribution in [0, 0.1) is 0 Å². The Balaban J connectivity index is 1.43. The second kappa shape index (κ2) is 9.18. The number of benzene rings is 3. The number of carbonyl (C=O) groups excluding carboxylic acids is 2. The highest BCUT2D eigenvalue weighted by Gasteiger charge is 2.47. The van der Waals surface area contributed by atoms with Crippen LogP contribution in [0.5, 0.6) is 0 Å². The van der Waals surface area contributed by atoms with Gasteiger partial charge in [0.1, 0.15) is 11.2 Å². The topological polar surface area (TPSA) is 54.3 Å². The third-order valence-corrected chi connectivity index (χ3v) is 6.81. The normalized spacial score (nSPS) is 17.6. The van der Waals surface area contributed by atoms with Gasteiger partial charge in [-0.3, -0.25) is 9.59 Å². The zero-order chi connectivity index (χ0) is 23.5. The highest BCUT2D eigenvalue weighted by atomic mass is 16.2. The monoisotopic (exact) mass is 451 g/mol. The van der Waals surface area contributed by atoms with Crippen molar-refractivity contribution in [2.24, 2.45) is 0 Å². The van der Waals surface area contributed by atoms with E-state index in [1.54, 1.807) is 4.90 Å². The van der Waals surface area contributed by atoms with Crippen LogP contribution >= 0.6 is 0 Å². The fourth-order valence-electron chi connectivity index (χ4n) is 4.91. The minimum atomic E-state index is -0.989. The summed E-state index contributed by atoms with van der Waals surface area (Å²) in [7, 11) is 0. The Bertz CT molecular complexity index is 1310. The smallest absolute Gasteiger partial charge is 0.271 e. The molecular weight excluding hydrogens is 422 g/mol. The summed E-state index contributed by atoms with van der Waals surface area (Å²) in [4.78, 5) is 29.2. The number of carbonyl (C=O) groups is 2. The van der Waals surface area contributed by atoms with E-state index >= 15 is 0 Å². The van der Waals surface area contributed by atoms with Crippen molar-refractivity contribution in [2.45, 2.75) is 38.4 Å². The second-order valence-corrected chi connectivity index (χ2v) is 9.16. The molecule has 0 spiro atoms. The van der Waals surface area contributed by atoms with E-state index in [4.69, 9.17) is 0 Å². The van der Waals surface area contributed by atoms with Crippen LogP contribution < -0.4 is 5.32 Å². The lowest BCUT2D eigenvalue weighted by Crippen LogP contribution is -2.64. The number of rotatable bonds is 7. The molecule has 1 aliphatic heterocycles. The number of amides is 2. The van der Waals surface area contributed by atoms with Crippen molar-refractivity contribution in [1.82, 2.24) is 14.8 Å². The van der Waals surface area contributed by atoms with Gasteiger partial charge >= 0.3 is 0 Å². The number of aromatic nitrogens is 1. The average Bonchev–Trinajstić information content (AvgIpc) is 3.24. The molecule has 1 atom stereocenters. The molecule has 2 amide bonds. The molecule has 0 saturated carbocycles. The van der Waals surface area contributed by atoms with Gasteiger partial charge in [-0.05, 0) is 43.0 Å². The minimum absolute atomic E-state index is 0.0899. The summed E-state index contributed by atoms with van der Waals surface area (Å²) in [6, 6.07) is 30.0. The van der Waals surface area contributed by atoms with E-state index in [0.717, 1.165) is 29.3 Å². The van der Waals surface area contributed by atoms with Crippen LogP contribution in [-0.2, 0) is 24.3 Å². The first-order valence-corrected chi connectivity index (χ1v) is 11.8. The number of hydrogen-bond acceptors (Lipinski definition) is 2. The van der Waals surface area contributed by atoms with Gasteiger partial charge in [0.2, 0.25) is 5.91 Å². The van der Waals surface area contributed by atoms with Gasteiger partial charge in [0, 0.05) is 24.0 Å². The number of fused-ring (bicyclic) bond motifs is 3. The van der Waals surface area contributed by atoms with Gasteiger partial charge in [0.15, 0.2) is 0 Å². The highest BCUT2D eigenvalue weighted by Crippen LogP contribution is 2.32. The van der Waals surface area contributed by atoms with E-state index in [2.05, 4.69) is 17.4 Å². The van der Waals surface area contributed by atoms with Crippen molar-refractivity contribution >= 4 is 22.7 Å². The Labute approximate surface area is 200 Å². The largest absolute Gasteiger partial charge is 0.350 e. The van der Waals surface area contributed by atoms with Crippen molar-refractivity contribution in [1.29, 1.82) is 0 Å². The summed E-state index contributed by atoms with van der Waals surface area (Å²) in [5, 5.41) is 4.11. The second-order valence-electron chi connectivity index (χ2n) is 9.16. The maximum absolute atomic E-state index is 13.7. The Morgan fingerprint density at radius 2 is 1.56 bits per heavy atom. The minimum Gasteiger partial charge on any atom is -0.350 e. The first-order chi connectivity index (χ1) is 16.6. The van der Waals surface area contributed by atoms with Crippen LogP contribution in [0.1, 0.15) is 35.0 Å². The molecular formula is C29H29N3O2. The van der Waals surface area contributed by atoms with Crippen LogP contribution in [-0.4, -0.2) is 33.4 Å². The van der Waals surface area contributed by atoms with Gasteiger partial charge in [-0.1, -0.05) is 78.9 Å². The third kappa shape index (κ3) is 4.10. The molecule has 5 rings (SSSR count). The fourth-order valence-corrected chi connectivity index (χ4v) is 4.91. The van der Waals surface area contributed by atoms with Crippen LogP contribution in [0.2, 0.25) is 0 Å². The van der Waals surface area contributed by atoms with Gasteiger partial charge in [0.05, 0.1) is 6.54 Å². The molecule has 0 saturated heterocycles. The van der Waals surface area contributed by atoms with Gasteiger partial charge < -0.3 is 14.8 Å². The zero-order valence-electron chi connectivity index (χ0n) is 19.4. The van der Waals surface area contributed by atoms with E-state index in [0.29, 0.717) is 25.3 Å². The zero-order valence-corrected chi connectivity index (χ0v) is 19.4. The summed E-state index contributed by atoms with van der Waals surface area (Å²) < 4.78 is 2.01. The molecule has 5 heteroatoms. The first-order valence-electron chi connectivity index (χ1n) is 11.8. The number of para-hydroxylation sites is 1. The van der Waals surface area contributed by atoms with Crippen molar-refractivity contribution in [2.75, 3.05) is 6.54 Å². The Morgan fingerprint density at radius 3 is 2.29 bits per heavy atom. The SMILES string of the molecule is CC1(C(=O)NCc2ccccc2)Cn2c(cc3ccccc32)C(=O)N1CCCc1ccccc1.